The minimum absolute atomic E-state index is 0.0849. The summed E-state index contributed by atoms with van der Waals surface area (Å²) >= 11 is 0. The van der Waals surface area contributed by atoms with Gasteiger partial charge < -0.3 is 19.8 Å². The molecule has 178 valence electrons. The summed E-state index contributed by atoms with van der Waals surface area (Å²) < 4.78 is 12.8. The first-order valence-corrected chi connectivity index (χ1v) is 11.6. The second-order valence-electron chi connectivity index (χ2n) is 8.45. The van der Waals surface area contributed by atoms with Gasteiger partial charge in [0.2, 0.25) is 0 Å². The van der Waals surface area contributed by atoms with Crippen molar-refractivity contribution >= 4 is 17.5 Å². The highest BCUT2D eigenvalue weighted by atomic mass is 16.5. The number of nitrogens with one attached hydrogen (secondary N) is 2. The highest BCUT2D eigenvalue weighted by molar-refractivity contribution is 6.02. The molecule has 2 aromatic carbocycles. The third kappa shape index (κ3) is 5.43. The van der Waals surface area contributed by atoms with Crippen LogP contribution in [0.4, 0.5) is 5.69 Å². The zero-order chi connectivity index (χ0) is 24.0. The van der Waals surface area contributed by atoms with Crippen LogP contribution in [-0.4, -0.2) is 28.2 Å². The van der Waals surface area contributed by atoms with Crippen molar-refractivity contribution in [2.75, 3.05) is 11.9 Å². The third-order valence-corrected chi connectivity index (χ3v) is 5.98. The first-order valence-electron chi connectivity index (χ1n) is 11.6. The van der Waals surface area contributed by atoms with E-state index in [0.717, 1.165) is 24.8 Å². The van der Waals surface area contributed by atoms with Gasteiger partial charge in [-0.2, -0.15) is 5.10 Å². The van der Waals surface area contributed by atoms with Crippen LogP contribution in [0, 0.1) is 0 Å². The van der Waals surface area contributed by atoms with Crippen molar-refractivity contribution in [3.05, 3.63) is 102 Å². The van der Waals surface area contributed by atoms with Crippen molar-refractivity contribution in [1.82, 2.24) is 15.1 Å². The quantitative estimate of drug-likeness (QED) is 0.399. The van der Waals surface area contributed by atoms with Crippen LogP contribution in [0.3, 0.4) is 0 Å². The van der Waals surface area contributed by atoms with E-state index in [1.165, 1.54) is 17.5 Å². The van der Waals surface area contributed by atoms with Gasteiger partial charge in [-0.05, 0) is 49.1 Å². The van der Waals surface area contributed by atoms with Gasteiger partial charge in [-0.1, -0.05) is 36.4 Å². The number of hydrogen-bond acceptors (Lipinski definition) is 5. The SMILES string of the molecule is O=C(COc1cccc(NC(=O)c2ccco2)c1)NC1CCCc2c1cnn2Cc1ccccc1. The number of fused-ring (bicyclic) bond motifs is 1. The molecule has 0 spiro atoms. The Hall–Kier alpha value is -4.33. The summed E-state index contributed by atoms with van der Waals surface area (Å²) in [5.74, 6) is 0.140. The molecule has 0 fully saturated rings. The molecule has 0 aliphatic heterocycles. The molecule has 1 aliphatic carbocycles. The lowest BCUT2D eigenvalue weighted by Crippen LogP contribution is -2.34. The van der Waals surface area contributed by atoms with Gasteiger partial charge in [0.25, 0.3) is 11.8 Å². The van der Waals surface area contributed by atoms with Gasteiger partial charge in [0.15, 0.2) is 12.4 Å². The van der Waals surface area contributed by atoms with E-state index in [1.54, 1.807) is 36.4 Å². The number of carbonyl (C=O) groups is 2. The minimum atomic E-state index is -0.356. The molecule has 2 amide bonds. The molecule has 8 heteroatoms. The number of rotatable bonds is 8. The van der Waals surface area contributed by atoms with Crippen molar-refractivity contribution in [2.24, 2.45) is 0 Å². The number of nitrogens with zero attached hydrogens (tertiary/aromatic N) is 2. The van der Waals surface area contributed by atoms with Crippen LogP contribution < -0.4 is 15.4 Å². The topological polar surface area (TPSA) is 98.4 Å². The van der Waals surface area contributed by atoms with E-state index in [4.69, 9.17) is 9.15 Å². The van der Waals surface area contributed by atoms with Gasteiger partial charge in [0.05, 0.1) is 25.0 Å². The fourth-order valence-corrected chi connectivity index (χ4v) is 4.31. The molecule has 5 rings (SSSR count). The smallest absolute Gasteiger partial charge is 0.291 e. The summed E-state index contributed by atoms with van der Waals surface area (Å²) in [4.78, 5) is 24.8. The zero-order valence-electron chi connectivity index (χ0n) is 19.1. The Labute approximate surface area is 202 Å². The summed E-state index contributed by atoms with van der Waals surface area (Å²) in [5.41, 5.74) is 3.99. The van der Waals surface area contributed by atoms with Gasteiger partial charge >= 0.3 is 0 Å². The Bertz CT molecular complexity index is 1300. The molecule has 4 aromatic rings. The molecule has 2 heterocycles. The second-order valence-corrected chi connectivity index (χ2v) is 8.45. The van der Waals surface area contributed by atoms with Crippen LogP contribution in [0.5, 0.6) is 5.75 Å². The Balaban J connectivity index is 1.17. The number of amides is 2. The second kappa shape index (κ2) is 10.3. The van der Waals surface area contributed by atoms with Crippen molar-refractivity contribution in [1.29, 1.82) is 0 Å². The summed E-state index contributed by atoms with van der Waals surface area (Å²) in [7, 11) is 0. The molecule has 35 heavy (non-hydrogen) atoms. The number of anilines is 1. The molecule has 2 aromatic heterocycles. The molecular formula is C27H26N4O4. The predicted molar refractivity (Wildman–Crippen MR) is 130 cm³/mol. The largest absolute Gasteiger partial charge is 0.484 e. The maximum Gasteiger partial charge on any atom is 0.291 e. The predicted octanol–water partition coefficient (Wildman–Crippen LogP) is 4.35. The monoisotopic (exact) mass is 470 g/mol. The Kier molecular flexibility index (Phi) is 6.61. The summed E-state index contributed by atoms with van der Waals surface area (Å²) in [6.07, 6.45) is 6.10. The highest BCUT2D eigenvalue weighted by Crippen LogP contribution is 2.30. The Morgan fingerprint density at radius 3 is 2.80 bits per heavy atom. The molecule has 1 atom stereocenters. The van der Waals surface area contributed by atoms with Crippen LogP contribution in [0.1, 0.15) is 46.3 Å². The number of benzene rings is 2. The minimum Gasteiger partial charge on any atom is -0.484 e. The van der Waals surface area contributed by atoms with Crippen molar-refractivity contribution in [3.63, 3.8) is 0 Å². The summed E-state index contributed by atoms with van der Waals surface area (Å²) in [6, 6.07) is 20.3. The van der Waals surface area contributed by atoms with Crippen LogP contribution in [0.25, 0.3) is 0 Å². The van der Waals surface area contributed by atoms with Gasteiger partial charge in [0.1, 0.15) is 5.75 Å². The van der Waals surface area contributed by atoms with E-state index in [1.807, 2.05) is 29.1 Å². The molecule has 0 saturated heterocycles. The van der Waals surface area contributed by atoms with Gasteiger partial charge in [-0.15, -0.1) is 0 Å². The lowest BCUT2D eigenvalue weighted by Gasteiger charge is -2.24. The number of hydrogen-bond donors (Lipinski definition) is 2. The first-order chi connectivity index (χ1) is 17.2. The lowest BCUT2D eigenvalue weighted by atomic mass is 9.93. The van der Waals surface area contributed by atoms with Crippen LogP contribution >= 0.6 is 0 Å². The Morgan fingerprint density at radius 2 is 1.97 bits per heavy atom. The fraction of sp³-hybridized carbons (Fsp3) is 0.222. The van der Waals surface area contributed by atoms with Gasteiger partial charge in [-0.25, -0.2) is 0 Å². The molecule has 8 nitrogen and oxygen atoms in total. The first kappa shape index (κ1) is 22.5. The van der Waals surface area contributed by atoms with Crippen LogP contribution in [0.2, 0.25) is 0 Å². The fourth-order valence-electron chi connectivity index (χ4n) is 4.31. The van der Waals surface area contributed by atoms with Gasteiger partial charge in [-0.3, -0.25) is 14.3 Å². The van der Waals surface area contributed by atoms with Crippen LogP contribution in [0.15, 0.2) is 83.6 Å². The molecule has 0 radical (unpaired) electrons. The average molecular weight is 471 g/mol. The summed E-state index contributed by atoms with van der Waals surface area (Å²) in [5, 5.41) is 10.4. The molecule has 2 N–H and O–H groups in total. The van der Waals surface area contributed by atoms with Gasteiger partial charge in [0, 0.05) is 23.0 Å². The standard InChI is InChI=1S/C27H26N4O4/c32-26(18-35-21-10-4-9-20(15-21)29-27(33)25-13-6-14-34-25)30-23-11-5-12-24-22(23)16-28-31(24)17-19-7-2-1-3-8-19/h1-4,6-10,13-16,23H,5,11-12,17-18H2,(H,29,33)(H,30,32). The number of furan rings is 1. The van der Waals surface area contributed by atoms with E-state index in [-0.39, 0.29) is 30.2 Å². The average Bonchev–Trinajstić information content (AvgIpc) is 3.55. The summed E-state index contributed by atoms with van der Waals surface area (Å²) in [6.45, 7) is 0.590. The van der Waals surface area contributed by atoms with E-state index in [2.05, 4.69) is 27.9 Å². The number of aromatic nitrogens is 2. The molecule has 1 unspecified atom stereocenters. The van der Waals surface area contributed by atoms with E-state index < -0.39 is 0 Å². The van der Waals surface area contributed by atoms with E-state index >= 15 is 0 Å². The maximum absolute atomic E-state index is 12.7. The number of ether oxygens (including phenoxy) is 1. The molecule has 0 saturated carbocycles. The van der Waals surface area contributed by atoms with Crippen LogP contribution in [-0.2, 0) is 17.8 Å². The van der Waals surface area contributed by atoms with E-state index in [9.17, 15) is 9.59 Å². The Morgan fingerprint density at radius 1 is 1.09 bits per heavy atom. The van der Waals surface area contributed by atoms with Crippen molar-refractivity contribution in [2.45, 2.75) is 31.8 Å². The van der Waals surface area contributed by atoms with Crippen molar-refractivity contribution in [3.8, 4) is 5.75 Å². The maximum atomic E-state index is 12.7. The lowest BCUT2D eigenvalue weighted by molar-refractivity contribution is -0.124. The molecule has 0 bridgehead atoms. The normalized spacial score (nSPS) is 14.7. The van der Waals surface area contributed by atoms with E-state index in [0.29, 0.717) is 18.0 Å². The zero-order valence-corrected chi connectivity index (χ0v) is 19.1. The molecular weight excluding hydrogens is 444 g/mol. The third-order valence-electron chi connectivity index (χ3n) is 5.98. The number of carbonyl (C=O) groups excluding carboxylic acids is 2. The van der Waals surface area contributed by atoms with Crippen molar-refractivity contribution < 1.29 is 18.7 Å². The molecule has 1 aliphatic rings. The highest BCUT2D eigenvalue weighted by Gasteiger charge is 2.25.